The fourth-order valence-corrected chi connectivity index (χ4v) is 5.34. The van der Waals surface area contributed by atoms with E-state index in [1.165, 1.54) is 11.1 Å². The summed E-state index contributed by atoms with van der Waals surface area (Å²) in [6.45, 7) is 5.13. The Labute approximate surface area is 190 Å². The third kappa shape index (κ3) is 4.53. The normalized spacial score (nSPS) is 20.8. The summed E-state index contributed by atoms with van der Waals surface area (Å²) in [5.74, 6) is 0.0231. The van der Waals surface area contributed by atoms with Gasteiger partial charge in [-0.15, -0.1) is 0 Å². The summed E-state index contributed by atoms with van der Waals surface area (Å²) in [6, 6.07) is 14.6. The number of carbonyl (C=O) groups excluding carboxylic acids is 1. The average molecular weight is 436 g/mol. The minimum absolute atomic E-state index is 0.0231. The molecule has 32 heavy (non-hydrogen) atoms. The summed E-state index contributed by atoms with van der Waals surface area (Å²) >= 11 is 0. The third-order valence-corrected chi connectivity index (χ3v) is 7.20. The highest BCUT2D eigenvalue weighted by molar-refractivity contribution is 5.97. The Balaban J connectivity index is 1.18. The monoisotopic (exact) mass is 435 g/mol. The van der Waals surface area contributed by atoms with Crippen LogP contribution in [0.2, 0.25) is 0 Å². The minimum Gasteiger partial charge on any atom is -0.393 e. The number of benzene rings is 2. The lowest BCUT2D eigenvalue weighted by molar-refractivity contribution is 0.0493. The lowest BCUT2D eigenvalue weighted by atomic mass is 9.96. The van der Waals surface area contributed by atoms with Gasteiger partial charge in [0.2, 0.25) is 0 Å². The molecule has 6 heteroatoms. The SMILES string of the molecule is O=C1c2ccc(N3CCC(O)CC3)cc2CCN1CC(O)CN1CCc2ccccc2C1. The molecule has 2 aromatic rings. The van der Waals surface area contributed by atoms with Crippen LogP contribution in [0.1, 0.15) is 39.9 Å². The fourth-order valence-electron chi connectivity index (χ4n) is 5.34. The molecule has 0 bridgehead atoms. The Bertz CT molecular complexity index is 971. The third-order valence-electron chi connectivity index (χ3n) is 7.20. The number of β-amino-alcohol motifs (C(OH)–C–C–N with tert-alkyl or cyclic N) is 1. The number of piperidine rings is 1. The van der Waals surface area contributed by atoms with Crippen molar-refractivity contribution >= 4 is 11.6 Å². The molecule has 1 amide bonds. The molecule has 1 unspecified atom stereocenters. The van der Waals surface area contributed by atoms with Crippen LogP contribution in [-0.4, -0.2) is 77.4 Å². The zero-order valence-electron chi connectivity index (χ0n) is 18.6. The maximum absolute atomic E-state index is 13.1. The number of aliphatic hydroxyl groups is 2. The number of hydrogen-bond acceptors (Lipinski definition) is 5. The van der Waals surface area contributed by atoms with Crippen molar-refractivity contribution in [2.24, 2.45) is 0 Å². The predicted octanol–water partition coefficient (Wildman–Crippen LogP) is 2.07. The molecule has 0 aromatic heterocycles. The van der Waals surface area contributed by atoms with Crippen molar-refractivity contribution in [1.82, 2.24) is 9.80 Å². The molecule has 0 radical (unpaired) electrons. The Morgan fingerprint density at radius 2 is 1.66 bits per heavy atom. The highest BCUT2D eigenvalue weighted by Crippen LogP contribution is 2.27. The van der Waals surface area contributed by atoms with Crippen molar-refractivity contribution < 1.29 is 15.0 Å². The number of rotatable bonds is 5. The lowest BCUT2D eigenvalue weighted by Gasteiger charge is -2.35. The summed E-state index contributed by atoms with van der Waals surface area (Å²) in [5, 5.41) is 20.5. The first-order valence-corrected chi connectivity index (χ1v) is 11.9. The average Bonchev–Trinajstić information content (AvgIpc) is 2.81. The zero-order chi connectivity index (χ0) is 22.1. The Hall–Kier alpha value is -2.41. The van der Waals surface area contributed by atoms with Crippen LogP contribution < -0.4 is 4.90 Å². The van der Waals surface area contributed by atoms with Gasteiger partial charge in [0.25, 0.3) is 5.91 Å². The van der Waals surface area contributed by atoms with Crippen LogP contribution in [0, 0.1) is 0 Å². The molecular formula is C26H33N3O3. The van der Waals surface area contributed by atoms with Crippen molar-refractivity contribution in [1.29, 1.82) is 0 Å². The second kappa shape index (κ2) is 9.22. The number of anilines is 1. The van der Waals surface area contributed by atoms with Gasteiger partial charge in [0.05, 0.1) is 12.2 Å². The van der Waals surface area contributed by atoms with Gasteiger partial charge in [-0.3, -0.25) is 9.69 Å². The van der Waals surface area contributed by atoms with Crippen LogP contribution in [0.4, 0.5) is 5.69 Å². The van der Waals surface area contributed by atoms with Gasteiger partial charge in [-0.05, 0) is 60.6 Å². The van der Waals surface area contributed by atoms with E-state index in [1.807, 2.05) is 17.0 Å². The number of hydrogen-bond donors (Lipinski definition) is 2. The Morgan fingerprint density at radius 1 is 0.906 bits per heavy atom. The number of aliphatic hydroxyl groups excluding tert-OH is 2. The Morgan fingerprint density at radius 3 is 2.47 bits per heavy atom. The molecule has 3 aliphatic heterocycles. The van der Waals surface area contributed by atoms with Gasteiger partial charge >= 0.3 is 0 Å². The van der Waals surface area contributed by atoms with E-state index in [0.29, 0.717) is 19.6 Å². The molecule has 2 aromatic carbocycles. The quantitative estimate of drug-likeness (QED) is 0.753. The highest BCUT2D eigenvalue weighted by atomic mass is 16.3. The molecule has 0 saturated carbocycles. The van der Waals surface area contributed by atoms with Gasteiger partial charge in [0, 0.05) is 57.1 Å². The van der Waals surface area contributed by atoms with E-state index in [-0.39, 0.29) is 12.0 Å². The molecule has 1 fully saturated rings. The van der Waals surface area contributed by atoms with Crippen molar-refractivity contribution in [2.75, 3.05) is 44.2 Å². The summed E-state index contributed by atoms with van der Waals surface area (Å²) in [4.78, 5) is 19.5. The van der Waals surface area contributed by atoms with E-state index in [2.05, 4.69) is 40.1 Å². The van der Waals surface area contributed by atoms with Crippen molar-refractivity contribution in [3.63, 3.8) is 0 Å². The molecule has 1 atom stereocenters. The van der Waals surface area contributed by atoms with Crippen LogP contribution in [-0.2, 0) is 19.4 Å². The van der Waals surface area contributed by atoms with Gasteiger partial charge in [-0.1, -0.05) is 24.3 Å². The summed E-state index contributed by atoms with van der Waals surface area (Å²) in [5.41, 5.74) is 5.74. The maximum atomic E-state index is 13.1. The Kier molecular flexibility index (Phi) is 6.17. The number of amides is 1. The molecule has 3 heterocycles. The lowest BCUT2D eigenvalue weighted by Crippen LogP contribution is -2.46. The van der Waals surface area contributed by atoms with Crippen molar-refractivity contribution in [2.45, 2.75) is 44.4 Å². The molecule has 0 aliphatic carbocycles. The second-order valence-electron chi connectivity index (χ2n) is 9.47. The highest BCUT2D eigenvalue weighted by Gasteiger charge is 2.28. The summed E-state index contributed by atoms with van der Waals surface area (Å²) in [7, 11) is 0. The second-order valence-corrected chi connectivity index (χ2v) is 9.47. The molecule has 1 saturated heterocycles. The standard InChI is InChI=1S/C26H33N3O3/c30-23-9-13-28(14-10-23)22-5-6-25-20(15-22)8-12-29(26(25)32)18-24(31)17-27-11-7-19-3-1-2-4-21(19)16-27/h1-6,15,23-24,30-31H,7-14,16-18H2. The molecule has 0 spiro atoms. The van der Waals surface area contributed by atoms with Crippen LogP contribution in [0.25, 0.3) is 0 Å². The first-order valence-electron chi connectivity index (χ1n) is 11.9. The van der Waals surface area contributed by atoms with E-state index in [4.69, 9.17) is 0 Å². The van der Waals surface area contributed by atoms with E-state index in [0.717, 1.165) is 68.7 Å². The first kappa shape index (κ1) is 21.4. The molecular weight excluding hydrogens is 402 g/mol. The predicted molar refractivity (Wildman–Crippen MR) is 125 cm³/mol. The van der Waals surface area contributed by atoms with Gasteiger partial charge in [0.1, 0.15) is 0 Å². The maximum Gasteiger partial charge on any atom is 0.254 e. The van der Waals surface area contributed by atoms with Gasteiger partial charge in [-0.2, -0.15) is 0 Å². The molecule has 170 valence electrons. The zero-order valence-corrected chi connectivity index (χ0v) is 18.6. The van der Waals surface area contributed by atoms with E-state index in [9.17, 15) is 15.0 Å². The number of carbonyl (C=O) groups is 1. The van der Waals surface area contributed by atoms with Crippen LogP contribution >= 0.6 is 0 Å². The van der Waals surface area contributed by atoms with E-state index < -0.39 is 6.10 Å². The molecule has 2 N–H and O–H groups in total. The van der Waals surface area contributed by atoms with E-state index in [1.54, 1.807) is 0 Å². The van der Waals surface area contributed by atoms with Crippen LogP contribution in [0.15, 0.2) is 42.5 Å². The van der Waals surface area contributed by atoms with Crippen LogP contribution in [0.5, 0.6) is 0 Å². The number of nitrogens with zero attached hydrogens (tertiary/aromatic N) is 3. The molecule has 6 nitrogen and oxygen atoms in total. The van der Waals surface area contributed by atoms with Crippen molar-refractivity contribution in [3.05, 3.63) is 64.7 Å². The smallest absolute Gasteiger partial charge is 0.254 e. The van der Waals surface area contributed by atoms with Crippen molar-refractivity contribution in [3.8, 4) is 0 Å². The summed E-state index contributed by atoms with van der Waals surface area (Å²) < 4.78 is 0. The van der Waals surface area contributed by atoms with Crippen LogP contribution in [0.3, 0.4) is 0 Å². The van der Waals surface area contributed by atoms with Gasteiger partial charge in [0.15, 0.2) is 0 Å². The van der Waals surface area contributed by atoms with Gasteiger partial charge < -0.3 is 20.0 Å². The van der Waals surface area contributed by atoms with Gasteiger partial charge in [-0.25, -0.2) is 0 Å². The number of fused-ring (bicyclic) bond motifs is 2. The first-order chi connectivity index (χ1) is 15.6. The topological polar surface area (TPSA) is 67.2 Å². The fraction of sp³-hybridized carbons (Fsp3) is 0.500. The minimum atomic E-state index is -0.551. The molecule has 3 aliphatic rings. The largest absolute Gasteiger partial charge is 0.393 e. The van der Waals surface area contributed by atoms with E-state index >= 15 is 0 Å². The molecule has 5 rings (SSSR count). The summed E-state index contributed by atoms with van der Waals surface area (Å²) in [6.07, 6.45) is 2.68.